The molecular formula is C32H51ClN6O8. The summed E-state index contributed by atoms with van der Waals surface area (Å²) in [5.41, 5.74) is 11.4. The number of likely N-dealkylation sites (tertiary alicyclic amines) is 1. The summed E-state index contributed by atoms with van der Waals surface area (Å²) in [6, 6.07) is 1.49. The number of nitrogens with two attached hydrogens (primary N) is 2. The average molecular weight is 683 g/mol. The number of hydrogen-bond acceptors (Lipinski definition) is 9. The van der Waals surface area contributed by atoms with Crippen molar-refractivity contribution in [2.45, 2.75) is 108 Å². The van der Waals surface area contributed by atoms with Gasteiger partial charge in [-0.15, -0.1) is 0 Å². The van der Waals surface area contributed by atoms with Crippen molar-refractivity contribution in [2.75, 3.05) is 20.8 Å². The van der Waals surface area contributed by atoms with Crippen LogP contribution < -0.4 is 22.1 Å². The Bertz CT molecular complexity index is 1240. The van der Waals surface area contributed by atoms with Gasteiger partial charge in [-0.3, -0.25) is 19.4 Å². The van der Waals surface area contributed by atoms with E-state index in [1.807, 2.05) is 13.8 Å². The maximum Gasteiger partial charge on any atom is 0.249 e. The van der Waals surface area contributed by atoms with Gasteiger partial charge in [-0.2, -0.15) is 0 Å². The van der Waals surface area contributed by atoms with Crippen molar-refractivity contribution in [3.63, 3.8) is 0 Å². The van der Waals surface area contributed by atoms with Gasteiger partial charge in [0.15, 0.2) is 12.2 Å². The topological polar surface area (TPSA) is 222 Å². The van der Waals surface area contributed by atoms with E-state index in [1.165, 1.54) is 31.3 Å². The number of nitrogens with one attached hydrogen (secondary N) is 2. The van der Waals surface area contributed by atoms with Crippen molar-refractivity contribution >= 4 is 35.3 Å². The molecule has 14 nitrogen and oxygen atoms in total. The quantitative estimate of drug-likeness (QED) is 0.0561. The minimum absolute atomic E-state index is 0.0145. The first-order valence-corrected chi connectivity index (χ1v) is 16.5. The van der Waals surface area contributed by atoms with Gasteiger partial charge in [-0.1, -0.05) is 31.5 Å². The first kappa shape index (κ1) is 38.3. The molecule has 0 unspecified atom stereocenters. The normalized spacial score (nSPS) is 22.8. The molecule has 1 aromatic rings. The molecule has 1 aliphatic heterocycles. The van der Waals surface area contributed by atoms with Crippen LogP contribution in [0.4, 0.5) is 0 Å². The van der Waals surface area contributed by atoms with Crippen molar-refractivity contribution < 1.29 is 39.2 Å². The number of guanidine groups is 1. The standard InChI is InChI=1S/C32H51ClN6O8/c1-17(2)12-23(38-29(44)27(42)14-18-7-10-26(41)21(33)13-18)30(45)39-24-16-20(40)9-8-19(24)15-25(39)28(43)37-22(31(46-3)47-4)6-5-11-36-32(34)35/h7,10,13,17,19-20,22-25,27,31,40-42H,5-6,8-9,11-12,14-16H2,1-4H3,(H,37,43)(H,38,44)(H4,34,35,36)/t19-,20+,22+,23+,24-,25-,27+/m0/s1. The maximum absolute atomic E-state index is 14.4. The highest BCUT2D eigenvalue weighted by molar-refractivity contribution is 6.32. The molecule has 7 atom stereocenters. The van der Waals surface area contributed by atoms with Gasteiger partial charge < -0.3 is 51.8 Å². The molecule has 1 aliphatic carbocycles. The number of rotatable bonds is 16. The molecule has 2 fully saturated rings. The first-order chi connectivity index (χ1) is 22.2. The van der Waals surface area contributed by atoms with Crippen molar-refractivity contribution in [2.24, 2.45) is 28.3 Å². The van der Waals surface area contributed by atoms with Gasteiger partial charge in [0.05, 0.1) is 17.2 Å². The van der Waals surface area contributed by atoms with Crippen molar-refractivity contribution in [1.82, 2.24) is 15.5 Å². The zero-order valence-corrected chi connectivity index (χ0v) is 28.4. The van der Waals surface area contributed by atoms with Crippen LogP contribution in [0.1, 0.15) is 64.4 Å². The highest BCUT2D eigenvalue weighted by atomic mass is 35.5. The second-order valence-corrected chi connectivity index (χ2v) is 13.3. The molecule has 0 radical (unpaired) electrons. The monoisotopic (exact) mass is 682 g/mol. The Hall–Kier alpha value is -3.17. The van der Waals surface area contributed by atoms with Crippen LogP contribution in [0.2, 0.25) is 5.02 Å². The number of methoxy groups -OCH3 is 2. The van der Waals surface area contributed by atoms with Crippen LogP contribution in [0.15, 0.2) is 23.2 Å². The highest BCUT2D eigenvalue weighted by Crippen LogP contribution is 2.40. The second kappa shape index (κ2) is 17.8. The number of benzene rings is 1. The molecule has 0 aromatic heterocycles. The second-order valence-electron chi connectivity index (χ2n) is 12.9. The Balaban J connectivity index is 1.84. The van der Waals surface area contributed by atoms with Crippen molar-refractivity contribution in [3.8, 4) is 5.75 Å². The van der Waals surface area contributed by atoms with Crippen LogP contribution in [-0.4, -0.2) is 107 Å². The SMILES string of the molecule is COC(OC)[C@@H](CCCN=C(N)N)NC(=O)[C@@H]1C[C@@H]2CC[C@@H](O)C[C@@H]2N1C(=O)[C@@H](CC(C)C)NC(=O)[C@H](O)Cc1ccc(O)c(Cl)c1. The number of aliphatic imine (C=N–C) groups is 1. The fraction of sp³-hybridized carbons (Fsp3) is 0.688. The molecule has 3 rings (SSSR count). The number of aliphatic hydroxyl groups excluding tert-OH is 2. The predicted molar refractivity (Wildman–Crippen MR) is 176 cm³/mol. The lowest BCUT2D eigenvalue weighted by atomic mass is 9.83. The molecule has 1 saturated heterocycles. The van der Waals surface area contributed by atoms with Crippen LogP contribution in [0.5, 0.6) is 5.75 Å². The molecule has 9 N–H and O–H groups in total. The van der Waals surface area contributed by atoms with Crippen molar-refractivity contribution in [1.29, 1.82) is 0 Å². The molecule has 0 bridgehead atoms. The third-order valence-corrected chi connectivity index (χ3v) is 9.16. The highest BCUT2D eigenvalue weighted by Gasteiger charge is 2.50. The van der Waals surface area contributed by atoms with E-state index >= 15 is 0 Å². The van der Waals surface area contributed by atoms with E-state index in [2.05, 4.69) is 15.6 Å². The van der Waals surface area contributed by atoms with E-state index in [4.69, 9.17) is 32.5 Å². The van der Waals surface area contributed by atoms with Gasteiger partial charge >= 0.3 is 0 Å². The number of aliphatic hydroxyl groups is 2. The number of amides is 3. The first-order valence-electron chi connectivity index (χ1n) is 16.1. The minimum atomic E-state index is -1.50. The van der Waals surface area contributed by atoms with Crippen LogP contribution in [0.3, 0.4) is 0 Å². The van der Waals surface area contributed by atoms with E-state index in [1.54, 1.807) is 6.07 Å². The molecule has 47 heavy (non-hydrogen) atoms. The Morgan fingerprint density at radius 3 is 2.45 bits per heavy atom. The third kappa shape index (κ3) is 10.7. The Kier molecular flexibility index (Phi) is 14.5. The number of hydrogen-bond donors (Lipinski definition) is 7. The van der Waals surface area contributed by atoms with Crippen LogP contribution in [0, 0.1) is 11.8 Å². The summed E-state index contributed by atoms with van der Waals surface area (Å²) >= 11 is 5.99. The summed E-state index contributed by atoms with van der Waals surface area (Å²) < 4.78 is 10.9. The molecule has 1 saturated carbocycles. The molecule has 1 aromatic carbocycles. The number of carbonyl (C=O) groups excluding carboxylic acids is 3. The van der Waals surface area contributed by atoms with Gasteiger partial charge in [-0.25, -0.2) is 0 Å². The molecule has 1 heterocycles. The molecule has 0 spiro atoms. The number of phenols is 1. The lowest BCUT2D eigenvalue weighted by Gasteiger charge is -2.38. The van der Waals surface area contributed by atoms with E-state index < -0.39 is 60.4 Å². The van der Waals surface area contributed by atoms with Crippen LogP contribution >= 0.6 is 11.6 Å². The number of aromatic hydroxyl groups is 1. The largest absolute Gasteiger partial charge is 0.506 e. The Morgan fingerprint density at radius 1 is 1.13 bits per heavy atom. The Morgan fingerprint density at radius 2 is 1.83 bits per heavy atom. The third-order valence-electron chi connectivity index (χ3n) is 8.86. The summed E-state index contributed by atoms with van der Waals surface area (Å²) in [5.74, 6) is -1.79. The number of halogens is 1. The summed E-state index contributed by atoms with van der Waals surface area (Å²) in [7, 11) is 2.93. The summed E-state index contributed by atoms with van der Waals surface area (Å²) in [4.78, 5) is 47.2. The number of carbonyl (C=O) groups is 3. The van der Waals surface area contributed by atoms with Gasteiger partial charge in [0.2, 0.25) is 17.7 Å². The minimum Gasteiger partial charge on any atom is -0.506 e. The van der Waals surface area contributed by atoms with E-state index in [-0.39, 0.29) is 41.4 Å². The zero-order chi connectivity index (χ0) is 34.8. The summed E-state index contributed by atoms with van der Waals surface area (Å²) in [5, 5.41) is 36.9. The lowest BCUT2D eigenvalue weighted by molar-refractivity contribution is -0.149. The van der Waals surface area contributed by atoms with Gasteiger partial charge in [0.1, 0.15) is 23.9 Å². The number of nitrogens with zero attached hydrogens (tertiary/aromatic N) is 2. The summed E-state index contributed by atoms with van der Waals surface area (Å²) in [6.07, 6.45) is 0.150. The Labute approximate surface area is 281 Å². The predicted octanol–water partition coefficient (Wildman–Crippen LogP) is 0.768. The van der Waals surface area contributed by atoms with Crippen LogP contribution in [-0.2, 0) is 30.3 Å². The number of fused-ring (bicyclic) bond motifs is 1. The smallest absolute Gasteiger partial charge is 0.249 e. The molecule has 15 heteroatoms. The molecule has 2 aliphatic rings. The lowest BCUT2D eigenvalue weighted by Crippen LogP contribution is -2.59. The fourth-order valence-electron chi connectivity index (χ4n) is 6.62. The van der Waals surface area contributed by atoms with Gasteiger partial charge in [-0.05, 0) is 74.5 Å². The van der Waals surface area contributed by atoms with Crippen LogP contribution in [0.25, 0.3) is 0 Å². The van der Waals surface area contributed by atoms with E-state index in [9.17, 15) is 29.7 Å². The number of phenolic OH excluding ortho intramolecular Hbond substituents is 1. The maximum atomic E-state index is 14.4. The summed E-state index contributed by atoms with van der Waals surface area (Å²) in [6.45, 7) is 4.16. The molecular weight excluding hydrogens is 632 g/mol. The van der Waals surface area contributed by atoms with Gasteiger partial charge in [0, 0.05) is 33.2 Å². The van der Waals surface area contributed by atoms with E-state index in [0.717, 1.165) is 0 Å². The van der Waals surface area contributed by atoms with E-state index in [0.29, 0.717) is 50.6 Å². The average Bonchev–Trinajstić information content (AvgIpc) is 3.39. The number of ether oxygens (including phenoxy) is 2. The zero-order valence-electron chi connectivity index (χ0n) is 27.6. The molecule has 3 amide bonds. The van der Waals surface area contributed by atoms with Gasteiger partial charge in [0.25, 0.3) is 0 Å². The molecule has 264 valence electrons. The fourth-order valence-corrected chi connectivity index (χ4v) is 6.82. The van der Waals surface area contributed by atoms with Crippen molar-refractivity contribution in [3.05, 3.63) is 28.8 Å².